The number of nitriles is 1. The first-order valence-corrected chi connectivity index (χ1v) is 10.2. The van der Waals surface area contributed by atoms with Gasteiger partial charge in [-0.1, -0.05) is 56.3 Å². The number of nitrogens with one attached hydrogen (secondary N) is 1. The Morgan fingerprint density at radius 2 is 1.77 bits per heavy atom. The van der Waals surface area contributed by atoms with Crippen molar-refractivity contribution in [1.29, 1.82) is 5.26 Å². The molecule has 2 N–H and O–H groups in total. The molecule has 0 radical (unpaired) electrons. The SMILES string of the molecule is CC(C)C1(C(=O)O)NC(c2ccc(C#N)cc2)C2C(=O)N(Cc3ccccc3)C(=O)C21. The molecule has 4 atom stereocenters. The molecule has 158 valence electrons. The van der Waals surface area contributed by atoms with Crippen molar-refractivity contribution in [2.75, 3.05) is 0 Å². The van der Waals surface area contributed by atoms with Gasteiger partial charge >= 0.3 is 5.97 Å². The maximum Gasteiger partial charge on any atom is 0.325 e. The quantitative estimate of drug-likeness (QED) is 0.723. The fourth-order valence-electron chi connectivity index (χ4n) is 4.95. The van der Waals surface area contributed by atoms with E-state index in [2.05, 4.69) is 11.4 Å². The van der Waals surface area contributed by atoms with Crippen LogP contribution in [0.25, 0.3) is 0 Å². The predicted octanol–water partition coefficient (Wildman–Crippen LogP) is 2.48. The molecule has 0 saturated carbocycles. The summed E-state index contributed by atoms with van der Waals surface area (Å²) < 4.78 is 0. The van der Waals surface area contributed by atoms with E-state index >= 15 is 0 Å². The lowest BCUT2D eigenvalue weighted by molar-refractivity contribution is -0.153. The van der Waals surface area contributed by atoms with Crippen LogP contribution in [0.4, 0.5) is 0 Å². The number of rotatable bonds is 5. The van der Waals surface area contributed by atoms with Crippen molar-refractivity contribution in [2.24, 2.45) is 17.8 Å². The van der Waals surface area contributed by atoms with Gasteiger partial charge in [0, 0.05) is 6.04 Å². The van der Waals surface area contributed by atoms with Gasteiger partial charge < -0.3 is 5.11 Å². The monoisotopic (exact) mass is 417 g/mol. The zero-order valence-electron chi connectivity index (χ0n) is 17.3. The molecule has 31 heavy (non-hydrogen) atoms. The summed E-state index contributed by atoms with van der Waals surface area (Å²) in [6, 6.07) is 17.3. The van der Waals surface area contributed by atoms with Gasteiger partial charge in [-0.2, -0.15) is 5.26 Å². The third-order valence-corrected chi connectivity index (χ3v) is 6.53. The number of fused-ring (bicyclic) bond motifs is 1. The van der Waals surface area contributed by atoms with E-state index in [0.29, 0.717) is 11.1 Å². The second-order valence-electron chi connectivity index (χ2n) is 8.44. The van der Waals surface area contributed by atoms with Crippen LogP contribution < -0.4 is 5.32 Å². The Hall–Kier alpha value is -3.50. The van der Waals surface area contributed by atoms with Crippen LogP contribution in [0, 0.1) is 29.1 Å². The smallest absolute Gasteiger partial charge is 0.325 e. The fraction of sp³-hybridized carbons (Fsp3) is 0.333. The number of carbonyl (C=O) groups excluding carboxylic acids is 2. The van der Waals surface area contributed by atoms with Gasteiger partial charge in [-0.05, 0) is 29.2 Å². The molecule has 2 saturated heterocycles. The van der Waals surface area contributed by atoms with E-state index in [1.807, 2.05) is 30.3 Å². The Labute approximate surface area is 180 Å². The molecular weight excluding hydrogens is 394 g/mol. The standard InChI is InChI=1S/C24H23N3O4/c1-14(2)24(23(30)31)19-18(20(26-24)17-10-8-15(12-25)9-11-17)21(28)27(22(19)29)13-16-6-4-3-5-7-16/h3-11,14,18-20,26H,13H2,1-2H3,(H,30,31). The van der Waals surface area contributed by atoms with Gasteiger partial charge in [0.25, 0.3) is 0 Å². The highest BCUT2D eigenvalue weighted by Crippen LogP contribution is 2.51. The van der Waals surface area contributed by atoms with Gasteiger partial charge in [0.2, 0.25) is 11.8 Å². The highest BCUT2D eigenvalue weighted by molar-refractivity contribution is 6.09. The first-order chi connectivity index (χ1) is 14.8. The van der Waals surface area contributed by atoms with Crippen molar-refractivity contribution in [1.82, 2.24) is 10.2 Å². The molecule has 0 spiro atoms. The maximum atomic E-state index is 13.5. The van der Waals surface area contributed by atoms with E-state index in [1.165, 1.54) is 4.90 Å². The van der Waals surface area contributed by atoms with E-state index in [0.717, 1.165) is 5.56 Å². The van der Waals surface area contributed by atoms with Crippen LogP contribution in [0.2, 0.25) is 0 Å². The van der Waals surface area contributed by atoms with Crippen LogP contribution in [0.5, 0.6) is 0 Å². The van der Waals surface area contributed by atoms with Crippen LogP contribution in [0.15, 0.2) is 54.6 Å². The number of nitrogens with zero attached hydrogens (tertiary/aromatic N) is 2. The molecule has 4 unspecified atom stereocenters. The van der Waals surface area contributed by atoms with Crippen LogP contribution in [0.1, 0.15) is 36.6 Å². The van der Waals surface area contributed by atoms with E-state index < -0.39 is 41.2 Å². The summed E-state index contributed by atoms with van der Waals surface area (Å²) in [6.45, 7) is 3.60. The zero-order valence-corrected chi connectivity index (χ0v) is 17.3. The van der Waals surface area contributed by atoms with E-state index in [4.69, 9.17) is 5.26 Å². The number of amides is 2. The van der Waals surface area contributed by atoms with E-state index in [-0.39, 0.29) is 12.5 Å². The topological polar surface area (TPSA) is 110 Å². The number of hydrogen-bond acceptors (Lipinski definition) is 5. The average molecular weight is 417 g/mol. The normalized spacial score (nSPS) is 27.4. The maximum absolute atomic E-state index is 13.5. The molecule has 7 heteroatoms. The van der Waals surface area contributed by atoms with Crippen molar-refractivity contribution < 1.29 is 19.5 Å². The minimum Gasteiger partial charge on any atom is -0.480 e. The van der Waals surface area contributed by atoms with Crippen molar-refractivity contribution >= 4 is 17.8 Å². The third-order valence-electron chi connectivity index (χ3n) is 6.53. The lowest BCUT2D eigenvalue weighted by Crippen LogP contribution is -2.59. The molecule has 2 aliphatic rings. The Bertz CT molecular complexity index is 1070. The van der Waals surface area contributed by atoms with Crippen molar-refractivity contribution in [2.45, 2.75) is 32.0 Å². The van der Waals surface area contributed by atoms with Crippen LogP contribution >= 0.6 is 0 Å². The van der Waals surface area contributed by atoms with Gasteiger partial charge in [-0.15, -0.1) is 0 Å². The number of carbonyl (C=O) groups is 3. The Kier molecular flexibility index (Phi) is 5.11. The summed E-state index contributed by atoms with van der Waals surface area (Å²) in [5.41, 5.74) is 0.380. The minimum atomic E-state index is -1.57. The number of hydrogen-bond donors (Lipinski definition) is 2. The van der Waals surface area contributed by atoms with Gasteiger partial charge in [0.15, 0.2) is 0 Å². The molecule has 0 bridgehead atoms. The molecule has 4 rings (SSSR count). The molecular formula is C24H23N3O4. The molecule has 2 aliphatic heterocycles. The lowest BCUT2D eigenvalue weighted by atomic mass is 9.73. The largest absolute Gasteiger partial charge is 0.480 e. The Morgan fingerprint density at radius 3 is 2.32 bits per heavy atom. The predicted molar refractivity (Wildman–Crippen MR) is 111 cm³/mol. The third kappa shape index (κ3) is 3.11. The molecule has 7 nitrogen and oxygen atoms in total. The number of carboxylic acids is 1. The number of imide groups is 1. The summed E-state index contributed by atoms with van der Waals surface area (Å²) in [4.78, 5) is 40.6. The molecule has 2 amide bonds. The molecule has 2 aromatic rings. The Morgan fingerprint density at radius 1 is 1.13 bits per heavy atom. The summed E-state index contributed by atoms with van der Waals surface area (Å²) in [5, 5.41) is 22.4. The first-order valence-electron chi connectivity index (χ1n) is 10.2. The average Bonchev–Trinajstić information content (AvgIpc) is 3.25. The summed E-state index contributed by atoms with van der Waals surface area (Å²) >= 11 is 0. The van der Waals surface area contributed by atoms with Gasteiger partial charge in [0.1, 0.15) is 5.54 Å². The van der Waals surface area contributed by atoms with E-state index in [1.54, 1.807) is 38.1 Å². The van der Waals surface area contributed by atoms with Gasteiger partial charge in [-0.25, -0.2) is 0 Å². The number of benzene rings is 2. The summed E-state index contributed by atoms with van der Waals surface area (Å²) in [6.07, 6.45) is 0. The minimum absolute atomic E-state index is 0.111. The summed E-state index contributed by atoms with van der Waals surface area (Å²) in [5.74, 6) is -4.25. The molecule has 2 fully saturated rings. The number of carboxylic acid groups (broad SMARTS) is 1. The fourth-order valence-corrected chi connectivity index (χ4v) is 4.95. The van der Waals surface area contributed by atoms with Crippen molar-refractivity contribution in [3.63, 3.8) is 0 Å². The molecule has 2 heterocycles. The summed E-state index contributed by atoms with van der Waals surface area (Å²) in [7, 11) is 0. The highest BCUT2D eigenvalue weighted by Gasteiger charge is 2.69. The number of aliphatic carboxylic acids is 1. The van der Waals surface area contributed by atoms with Crippen LogP contribution in [-0.4, -0.2) is 33.3 Å². The van der Waals surface area contributed by atoms with Crippen molar-refractivity contribution in [3.8, 4) is 6.07 Å². The molecule has 2 aromatic carbocycles. The van der Waals surface area contributed by atoms with Gasteiger partial charge in [0.05, 0.1) is 30.0 Å². The van der Waals surface area contributed by atoms with Crippen LogP contribution in [0.3, 0.4) is 0 Å². The van der Waals surface area contributed by atoms with Crippen molar-refractivity contribution in [3.05, 3.63) is 71.3 Å². The van der Waals surface area contributed by atoms with Crippen LogP contribution in [-0.2, 0) is 20.9 Å². The highest BCUT2D eigenvalue weighted by atomic mass is 16.4. The molecule has 0 aromatic heterocycles. The first kappa shape index (κ1) is 20.8. The number of likely N-dealkylation sites (tertiary alicyclic amines) is 1. The lowest BCUT2D eigenvalue weighted by Gasteiger charge is -2.34. The van der Waals surface area contributed by atoms with Gasteiger partial charge in [-0.3, -0.25) is 24.6 Å². The Balaban J connectivity index is 1.79. The second-order valence-corrected chi connectivity index (χ2v) is 8.44. The zero-order chi connectivity index (χ0) is 22.3. The molecule has 0 aliphatic carbocycles. The van der Waals surface area contributed by atoms with E-state index in [9.17, 15) is 19.5 Å². The second kappa shape index (κ2) is 7.64.